The highest BCUT2D eigenvalue weighted by Crippen LogP contribution is 2.23. The Morgan fingerprint density at radius 2 is 2.05 bits per heavy atom. The van der Waals surface area contributed by atoms with E-state index in [9.17, 15) is 18.0 Å². The van der Waals surface area contributed by atoms with Crippen LogP contribution in [-0.4, -0.2) is 60.9 Å². The summed E-state index contributed by atoms with van der Waals surface area (Å²) in [5.74, 6) is -1.70. The maximum atomic E-state index is 12.2. The normalized spacial score (nSPS) is 25.2. The molecular formula is C12H22N2O5S. The Labute approximate surface area is 119 Å². The Hall–Kier alpha value is -1.15. The van der Waals surface area contributed by atoms with E-state index in [4.69, 9.17) is 10.8 Å². The fraction of sp³-hybridized carbons (Fsp3) is 0.833. The number of carboxylic acid groups (broad SMARTS) is 1. The molecule has 1 fully saturated rings. The predicted molar refractivity (Wildman–Crippen MR) is 73.8 cm³/mol. The topological polar surface area (TPSA) is 118 Å². The fourth-order valence-corrected chi connectivity index (χ4v) is 3.08. The molecule has 0 radical (unpaired) electrons. The first-order valence-electron chi connectivity index (χ1n) is 6.58. The number of amides is 1. The Balaban J connectivity index is 2.57. The number of likely N-dealkylation sites (tertiary alicyclic amines) is 1. The Bertz CT molecular complexity index is 476. The van der Waals surface area contributed by atoms with Gasteiger partial charge in [-0.05, 0) is 26.2 Å². The average Bonchev–Trinajstić information content (AvgIpc) is 2.34. The highest BCUT2D eigenvalue weighted by Gasteiger charge is 2.34. The molecule has 0 aromatic rings. The van der Waals surface area contributed by atoms with Crippen LogP contribution in [0.1, 0.15) is 26.2 Å². The lowest BCUT2D eigenvalue weighted by Gasteiger charge is -2.37. The van der Waals surface area contributed by atoms with E-state index in [0.29, 0.717) is 19.4 Å². The quantitative estimate of drug-likeness (QED) is 0.704. The molecule has 20 heavy (non-hydrogen) atoms. The number of carboxylic acids is 1. The zero-order chi connectivity index (χ0) is 15.5. The van der Waals surface area contributed by atoms with E-state index >= 15 is 0 Å². The van der Waals surface area contributed by atoms with Crippen LogP contribution >= 0.6 is 0 Å². The first kappa shape index (κ1) is 16.9. The van der Waals surface area contributed by atoms with Gasteiger partial charge >= 0.3 is 5.97 Å². The molecule has 0 aromatic heterocycles. The minimum Gasteiger partial charge on any atom is -0.481 e. The molecule has 1 aliphatic heterocycles. The van der Waals surface area contributed by atoms with Gasteiger partial charge in [0.1, 0.15) is 9.84 Å². The molecule has 0 aromatic carbocycles. The van der Waals surface area contributed by atoms with Crippen LogP contribution < -0.4 is 5.73 Å². The Kier molecular flexibility index (Phi) is 5.52. The molecule has 116 valence electrons. The lowest BCUT2D eigenvalue weighted by atomic mass is 9.91. The van der Waals surface area contributed by atoms with Gasteiger partial charge in [0.2, 0.25) is 5.91 Å². The van der Waals surface area contributed by atoms with Crippen LogP contribution in [0.25, 0.3) is 0 Å². The van der Waals surface area contributed by atoms with Gasteiger partial charge in [-0.15, -0.1) is 0 Å². The summed E-state index contributed by atoms with van der Waals surface area (Å²) in [7, 11) is -3.15. The van der Waals surface area contributed by atoms with Gasteiger partial charge in [-0.25, -0.2) is 8.42 Å². The smallest absolute Gasteiger partial charge is 0.306 e. The zero-order valence-corrected chi connectivity index (χ0v) is 12.6. The minimum absolute atomic E-state index is 0.0866. The molecule has 1 saturated heterocycles. The summed E-state index contributed by atoms with van der Waals surface area (Å²) >= 11 is 0. The van der Waals surface area contributed by atoms with Crippen molar-refractivity contribution in [1.29, 1.82) is 0 Å². The largest absolute Gasteiger partial charge is 0.481 e. The van der Waals surface area contributed by atoms with Gasteiger partial charge in [-0.3, -0.25) is 9.59 Å². The van der Waals surface area contributed by atoms with Gasteiger partial charge in [0.05, 0.1) is 17.7 Å². The van der Waals surface area contributed by atoms with Crippen LogP contribution in [0.3, 0.4) is 0 Å². The Morgan fingerprint density at radius 1 is 1.45 bits per heavy atom. The van der Waals surface area contributed by atoms with Gasteiger partial charge in [0.15, 0.2) is 0 Å². The molecule has 3 atom stereocenters. The molecule has 3 N–H and O–H groups in total. The number of sulfone groups is 1. The number of piperidine rings is 1. The first-order chi connectivity index (χ1) is 9.11. The van der Waals surface area contributed by atoms with Gasteiger partial charge in [-0.2, -0.15) is 0 Å². The number of hydrogen-bond donors (Lipinski definition) is 2. The molecule has 0 saturated carbocycles. The average molecular weight is 306 g/mol. The van der Waals surface area contributed by atoms with Crippen molar-refractivity contribution < 1.29 is 23.1 Å². The number of hydrogen-bond acceptors (Lipinski definition) is 5. The standard InChI is InChI=1S/C12H22N2O5S/c1-8-7-9(12(16)17)3-5-14(8)11(15)10(13)4-6-20(2,18)19/h8-10H,3-7,13H2,1-2H3,(H,16,17). The van der Waals surface area contributed by atoms with E-state index in [1.807, 2.05) is 0 Å². The van der Waals surface area contributed by atoms with Crippen LogP contribution in [0.2, 0.25) is 0 Å². The van der Waals surface area contributed by atoms with Crippen molar-refractivity contribution in [2.75, 3.05) is 18.6 Å². The predicted octanol–water partition coefficient (Wildman–Crippen LogP) is -0.540. The van der Waals surface area contributed by atoms with Crippen molar-refractivity contribution in [3.63, 3.8) is 0 Å². The SMILES string of the molecule is CC1CC(C(=O)O)CCN1C(=O)C(N)CCS(C)(=O)=O. The third-order valence-corrected chi connectivity index (χ3v) is 4.60. The van der Waals surface area contributed by atoms with E-state index in [-0.39, 0.29) is 24.1 Å². The second-order valence-electron chi connectivity index (χ2n) is 5.47. The van der Waals surface area contributed by atoms with E-state index < -0.39 is 27.8 Å². The lowest BCUT2D eigenvalue weighted by Crippen LogP contribution is -2.52. The maximum absolute atomic E-state index is 12.2. The molecule has 1 amide bonds. The first-order valence-corrected chi connectivity index (χ1v) is 8.64. The van der Waals surface area contributed by atoms with Gasteiger partial charge in [0, 0.05) is 18.8 Å². The molecule has 8 heteroatoms. The third-order valence-electron chi connectivity index (χ3n) is 3.63. The highest BCUT2D eigenvalue weighted by atomic mass is 32.2. The monoisotopic (exact) mass is 306 g/mol. The van der Waals surface area contributed by atoms with Crippen molar-refractivity contribution in [2.45, 2.75) is 38.3 Å². The molecule has 0 spiro atoms. The van der Waals surface area contributed by atoms with Crippen LogP contribution in [-0.2, 0) is 19.4 Å². The summed E-state index contributed by atoms with van der Waals surface area (Å²) in [6.45, 7) is 2.14. The molecule has 1 aliphatic rings. The van der Waals surface area contributed by atoms with Gasteiger partial charge in [-0.1, -0.05) is 0 Å². The summed E-state index contributed by atoms with van der Waals surface area (Å²) in [5, 5.41) is 8.97. The number of rotatable bonds is 5. The molecule has 1 rings (SSSR count). The number of carbonyl (C=O) groups excluding carboxylic acids is 1. The van der Waals surface area contributed by atoms with E-state index in [2.05, 4.69) is 0 Å². The molecule has 0 aliphatic carbocycles. The van der Waals surface area contributed by atoms with Crippen LogP contribution in [0.4, 0.5) is 0 Å². The molecular weight excluding hydrogens is 284 g/mol. The summed E-state index contributed by atoms with van der Waals surface area (Å²) in [6, 6.07) is -1.05. The lowest BCUT2D eigenvalue weighted by molar-refractivity contribution is -0.147. The summed E-state index contributed by atoms with van der Waals surface area (Å²) in [6.07, 6.45) is 2.00. The van der Waals surface area contributed by atoms with Crippen molar-refractivity contribution in [2.24, 2.45) is 11.7 Å². The maximum Gasteiger partial charge on any atom is 0.306 e. The van der Waals surface area contributed by atoms with E-state index in [1.54, 1.807) is 11.8 Å². The van der Waals surface area contributed by atoms with Crippen molar-refractivity contribution in [3.05, 3.63) is 0 Å². The van der Waals surface area contributed by atoms with Crippen LogP contribution in [0.5, 0.6) is 0 Å². The van der Waals surface area contributed by atoms with Crippen LogP contribution in [0, 0.1) is 5.92 Å². The minimum atomic E-state index is -3.15. The molecule has 0 bridgehead atoms. The second kappa shape index (κ2) is 6.53. The van der Waals surface area contributed by atoms with Crippen molar-refractivity contribution in [3.8, 4) is 0 Å². The highest BCUT2D eigenvalue weighted by molar-refractivity contribution is 7.90. The van der Waals surface area contributed by atoms with Crippen molar-refractivity contribution >= 4 is 21.7 Å². The molecule has 7 nitrogen and oxygen atoms in total. The third kappa shape index (κ3) is 4.75. The number of carbonyl (C=O) groups is 2. The summed E-state index contributed by atoms with van der Waals surface area (Å²) < 4.78 is 22.1. The number of nitrogens with two attached hydrogens (primary N) is 1. The van der Waals surface area contributed by atoms with Gasteiger partial charge < -0.3 is 15.7 Å². The van der Waals surface area contributed by atoms with Crippen molar-refractivity contribution in [1.82, 2.24) is 4.90 Å². The molecule has 1 heterocycles. The number of aliphatic carboxylic acids is 1. The summed E-state index contributed by atoms with van der Waals surface area (Å²) in [4.78, 5) is 24.7. The fourth-order valence-electron chi connectivity index (χ4n) is 2.40. The summed E-state index contributed by atoms with van der Waals surface area (Å²) in [5.41, 5.74) is 5.74. The second-order valence-corrected chi connectivity index (χ2v) is 7.72. The number of nitrogens with zero attached hydrogens (tertiary/aromatic N) is 1. The van der Waals surface area contributed by atoms with E-state index in [0.717, 1.165) is 6.26 Å². The van der Waals surface area contributed by atoms with Gasteiger partial charge in [0.25, 0.3) is 0 Å². The van der Waals surface area contributed by atoms with Crippen LogP contribution in [0.15, 0.2) is 0 Å². The Morgan fingerprint density at radius 3 is 2.50 bits per heavy atom. The molecule has 3 unspecified atom stereocenters. The zero-order valence-electron chi connectivity index (χ0n) is 11.8. The van der Waals surface area contributed by atoms with E-state index in [1.165, 1.54) is 0 Å².